The molecule has 0 spiro atoms. The van der Waals surface area contributed by atoms with E-state index in [0.29, 0.717) is 17.1 Å². The lowest BCUT2D eigenvalue weighted by Crippen LogP contribution is -2.25. The highest BCUT2D eigenvalue weighted by Crippen LogP contribution is 2.47. The number of ether oxygens (including phenoxy) is 1. The normalized spacial score (nSPS) is 19.6. The van der Waals surface area contributed by atoms with Gasteiger partial charge in [0.25, 0.3) is 0 Å². The van der Waals surface area contributed by atoms with Gasteiger partial charge >= 0.3 is 0 Å². The van der Waals surface area contributed by atoms with Gasteiger partial charge in [-0.25, -0.2) is 4.39 Å². The Hall–Kier alpha value is -1.31. The summed E-state index contributed by atoms with van der Waals surface area (Å²) in [4.78, 5) is 0. The van der Waals surface area contributed by atoms with E-state index in [-0.39, 0.29) is 5.82 Å². The summed E-state index contributed by atoms with van der Waals surface area (Å²) in [5.74, 6) is 0.577. The van der Waals surface area contributed by atoms with Crippen LogP contribution in [0.25, 0.3) is 0 Å². The predicted octanol–water partition coefficient (Wildman–Crippen LogP) is 9.51. The molecule has 1 aromatic rings. The topological polar surface area (TPSA) is 9.23 Å². The molecule has 0 saturated heterocycles. The van der Waals surface area contributed by atoms with Crippen LogP contribution in [0.4, 0.5) is 4.39 Å². The number of halogens is 1. The van der Waals surface area contributed by atoms with Crippen molar-refractivity contribution >= 4 is 0 Å². The second kappa shape index (κ2) is 12.7. The highest BCUT2D eigenvalue weighted by molar-refractivity contribution is 5.32. The van der Waals surface area contributed by atoms with Crippen LogP contribution in [-0.4, -0.2) is 7.11 Å². The van der Waals surface area contributed by atoms with E-state index in [1.807, 2.05) is 6.07 Å². The lowest BCUT2D eigenvalue weighted by atomic mass is 9.66. The van der Waals surface area contributed by atoms with Crippen molar-refractivity contribution in [2.24, 2.45) is 5.41 Å². The van der Waals surface area contributed by atoms with E-state index in [1.54, 1.807) is 18.7 Å². The van der Waals surface area contributed by atoms with Crippen LogP contribution in [0, 0.1) is 11.2 Å². The average molecular weight is 429 g/mol. The molecule has 3 rings (SSSR count). The second-order valence-corrected chi connectivity index (χ2v) is 10.3. The average Bonchev–Trinajstić information content (AvgIpc) is 2.81. The van der Waals surface area contributed by atoms with Gasteiger partial charge in [0, 0.05) is 0 Å². The smallest absolute Gasteiger partial charge is 0.165 e. The number of unbranched alkanes of at least 4 members (excludes halogenated alkanes) is 3. The van der Waals surface area contributed by atoms with Crippen LogP contribution >= 0.6 is 0 Å². The van der Waals surface area contributed by atoms with Crippen LogP contribution in [0.15, 0.2) is 29.8 Å². The zero-order valence-electron chi connectivity index (χ0n) is 20.2. The van der Waals surface area contributed by atoms with Crippen LogP contribution in [0.3, 0.4) is 0 Å². The maximum absolute atomic E-state index is 14.6. The zero-order valence-corrected chi connectivity index (χ0v) is 20.2. The highest BCUT2D eigenvalue weighted by Gasteiger charge is 2.32. The minimum atomic E-state index is -0.213. The second-order valence-electron chi connectivity index (χ2n) is 10.3. The predicted molar refractivity (Wildman–Crippen MR) is 130 cm³/mol. The van der Waals surface area contributed by atoms with E-state index in [2.05, 4.69) is 19.1 Å². The molecule has 0 aliphatic heterocycles. The van der Waals surface area contributed by atoms with Crippen LogP contribution in [-0.2, 0) is 0 Å². The summed E-state index contributed by atoms with van der Waals surface area (Å²) in [5.41, 5.74) is 3.31. The maximum Gasteiger partial charge on any atom is 0.165 e. The van der Waals surface area contributed by atoms with Crippen molar-refractivity contribution in [2.75, 3.05) is 7.11 Å². The Kier molecular flexibility index (Phi) is 9.94. The third kappa shape index (κ3) is 7.36. The third-order valence-electron chi connectivity index (χ3n) is 8.04. The summed E-state index contributed by atoms with van der Waals surface area (Å²) >= 11 is 0. The number of benzene rings is 1. The van der Waals surface area contributed by atoms with Gasteiger partial charge < -0.3 is 4.74 Å². The largest absolute Gasteiger partial charge is 0.494 e. The summed E-state index contributed by atoms with van der Waals surface area (Å²) in [6.07, 6.45) is 25.1. The quantitative estimate of drug-likeness (QED) is 0.238. The van der Waals surface area contributed by atoms with Crippen molar-refractivity contribution in [3.63, 3.8) is 0 Å². The van der Waals surface area contributed by atoms with E-state index in [9.17, 15) is 4.39 Å². The van der Waals surface area contributed by atoms with Crippen LogP contribution in [0.5, 0.6) is 5.75 Å². The number of hydrogen-bond donors (Lipinski definition) is 0. The molecule has 0 amide bonds. The molecular formula is C29H45FO. The first-order chi connectivity index (χ1) is 15.2. The van der Waals surface area contributed by atoms with Gasteiger partial charge in [0.1, 0.15) is 0 Å². The van der Waals surface area contributed by atoms with E-state index in [0.717, 1.165) is 6.42 Å². The van der Waals surface area contributed by atoms with Crippen LogP contribution < -0.4 is 4.74 Å². The summed E-state index contributed by atoms with van der Waals surface area (Å²) < 4.78 is 19.7. The molecule has 0 N–H and O–H groups in total. The van der Waals surface area contributed by atoms with Gasteiger partial charge in [-0.2, -0.15) is 0 Å². The molecule has 174 valence electrons. The van der Waals surface area contributed by atoms with Gasteiger partial charge in [-0.1, -0.05) is 69.6 Å². The Labute approximate surface area is 190 Å². The van der Waals surface area contributed by atoms with Crippen molar-refractivity contribution in [2.45, 2.75) is 122 Å². The molecule has 2 aliphatic rings. The fraction of sp³-hybridized carbons (Fsp3) is 0.724. The third-order valence-corrected chi connectivity index (χ3v) is 8.04. The Balaban J connectivity index is 1.72. The molecule has 1 saturated carbocycles. The van der Waals surface area contributed by atoms with Crippen LogP contribution in [0.2, 0.25) is 0 Å². The number of methoxy groups -OCH3 is 1. The number of allylic oxidation sites excluding steroid dienone is 2. The molecule has 2 aliphatic carbocycles. The molecular weight excluding hydrogens is 383 g/mol. The van der Waals surface area contributed by atoms with Gasteiger partial charge in [-0.3, -0.25) is 0 Å². The molecule has 1 unspecified atom stereocenters. The van der Waals surface area contributed by atoms with E-state index < -0.39 is 0 Å². The van der Waals surface area contributed by atoms with Gasteiger partial charge in [-0.05, 0) is 93.2 Å². The van der Waals surface area contributed by atoms with Crippen molar-refractivity contribution in [1.29, 1.82) is 0 Å². The maximum atomic E-state index is 14.6. The van der Waals surface area contributed by atoms with Gasteiger partial charge in [-0.15, -0.1) is 0 Å². The molecule has 2 heteroatoms. The van der Waals surface area contributed by atoms with E-state index in [1.165, 1.54) is 108 Å². The summed E-state index contributed by atoms with van der Waals surface area (Å²) in [5, 5.41) is 0. The lowest BCUT2D eigenvalue weighted by Gasteiger charge is -2.39. The van der Waals surface area contributed by atoms with E-state index in [4.69, 9.17) is 4.74 Å². The fourth-order valence-corrected chi connectivity index (χ4v) is 6.06. The van der Waals surface area contributed by atoms with Gasteiger partial charge in [0.2, 0.25) is 0 Å². The first-order valence-electron chi connectivity index (χ1n) is 13.2. The molecule has 1 fully saturated rings. The SMILES string of the molecule is CCCCCCC1(CCC(CC2=CCCCC2)c2ccc(OC)c(F)c2)CCCCC1. The Morgan fingerprint density at radius 3 is 2.52 bits per heavy atom. The van der Waals surface area contributed by atoms with Crippen molar-refractivity contribution in [3.8, 4) is 5.75 Å². The van der Waals surface area contributed by atoms with E-state index >= 15 is 0 Å². The van der Waals surface area contributed by atoms with Crippen molar-refractivity contribution < 1.29 is 9.13 Å². The first kappa shape index (κ1) is 24.3. The molecule has 31 heavy (non-hydrogen) atoms. The van der Waals surface area contributed by atoms with Crippen molar-refractivity contribution in [1.82, 2.24) is 0 Å². The molecule has 0 bridgehead atoms. The molecule has 1 aromatic carbocycles. The highest BCUT2D eigenvalue weighted by atomic mass is 19.1. The Morgan fingerprint density at radius 1 is 1.00 bits per heavy atom. The van der Waals surface area contributed by atoms with Gasteiger partial charge in [0.05, 0.1) is 7.11 Å². The lowest BCUT2D eigenvalue weighted by molar-refractivity contribution is 0.144. The fourth-order valence-electron chi connectivity index (χ4n) is 6.06. The number of rotatable bonds is 12. The Morgan fingerprint density at radius 2 is 1.84 bits per heavy atom. The summed E-state index contributed by atoms with van der Waals surface area (Å²) in [6.45, 7) is 2.30. The Bertz CT molecular complexity index is 686. The van der Waals surface area contributed by atoms with Gasteiger partial charge in [0.15, 0.2) is 11.6 Å². The first-order valence-corrected chi connectivity index (χ1v) is 13.2. The molecule has 0 heterocycles. The molecule has 0 radical (unpaired) electrons. The molecule has 1 nitrogen and oxygen atoms in total. The minimum absolute atomic E-state index is 0.213. The van der Waals surface area contributed by atoms with Crippen LogP contribution in [0.1, 0.15) is 128 Å². The van der Waals surface area contributed by atoms with Crippen molar-refractivity contribution in [3.05, 3.63) is 41.2 Å². The monoisotopic (exact) mass is 428 g/mol. The molecule has 1 atom stereocenters. The summed E-state index contributed by atoms with van der Waals surface area (Å²) in [6, 6.07) is 5.69. The number of hydrogen-bond acceptors (Lipinski definition) is 1. The standard InChI is InChI=1S/C29H45FO/c1-3-4-5-10-18-29(19-11-7-12-20-29)21-17-26(22-24-13-8-6-9-14-24)25-15-16-28(31-2)27(30)23-25/h13,15-16,23,26H,3-12,14,17-22H2,1-2H3. The summed E-state index contributed by atoms with van der Waals surface area (Å²) in [7, 11) is 1.55. The zero-order chi connectivity index (χ0) is 21.9. The molecule has 0 aromatic heterocycles. The minimum Gasteiger partial charge on any atom is -0.494 e.